The predicted octanol–water partition coefficient (Wildman–Crippen LogP) is 2.82. The molecule has 0 aliphatic carbocycles. The molecular formula is C10H10Br2O3S. The minimum atomic E-state index is -3.38. The average Bonchev–Trinajstić information content (AvgIpc) is 2.28. The third kappa shape index (κ3) is 2.93. The highest BCUT2D eigenvalue weighted by atomic mass is 79.9. The van der Waals surface area contributed by atoms with E-state index in [-0.39, 0.29) is 27.3 Å². The highest BCUT2D eigenvalue weighted by Gasteiger charge is 2.20. The molecule has 88 valence electrons. The summed E-state index contributed by atoms with van der Waals surface area (Å²) in [6, 6.07) is 4.65. The molecular weight excluding hydrogens is 360 g/mol. The smallest absolute Gasteiger partial charge is 0.178 e. The van der Waals surface area contributed by atoms with Crippen molar-refractivity contribution in [3.8, 4) is 0 Å². The Balaban J connectivity index is 3.47. The van der Waals surface area contributed by atoms with E-state index < -0.39 is 9.84 Å². The van der Waals surface area contributed by atoms with Crippen LogP contribution in [0.3, 0.4) is 0 Å². The van der Waals surface area contributed by atoms with Crippen LogP contribution in [0.5, 0.6) is 0 Å². The molecule has 0 aliphatic heterocycles. The van der Waals surface area contributed by atoms with Gasteiger partial charge in [0.15, 0.2) is 15.6 Å². The molecule has 0 saturated heterocycles. The highest BCUT2D eigenvalue weighted by molar-refractivity contribution is 9.10. The number of sulfone groups is 1. The molecule has 0 N–H and O–H groups in total. The first kappa shape index (κ1) is 13.9. The summed E-state index contributed by atoms with van der Waals surface area (Å²) in [7, 11) is -3.38. The highest BCUT2D eigenvalue weighted by Crippen LogP contribution is 2.23. The summed E-state index contributed by atoms with van der Waals surface area (Å²) in [6.07, 6.45) is 0. The van der Waals surface area contributed by atoms with Gasteiger partial charge in [0.05, 0.1) is 16.0 Å². The third-order valence-electron chi connectivity index (χ3n) is 2.08. The lowest BCUT2D eigenvalue weighted by Gasteiger charge is -2.07. The van der Waals surface area contributed by atoms with Crippen LogP contribution < -0.4 is 0 Å². The van der Waals surface area contributed by atoms with Crippen molar-refractivity contribution in [3.05, 3.63) is 28.2 Å². The molecule has 0 amide bonds. The molecule has 1 aromatic carbocycles. The number of ketones is 1. The fourth-order valence-corrected chi connectivity index (χ4v) is 3.16. The summed E-state index contributed by atoms with van der Waals surface area (Å²) in [4.78, 5) is 11.7. The average molecular weight is 370 g/mol. The largest absolute Gasteiger partial charge is 0.293 e. The lowest BCUT2D eigenvalue weighted by atomic mass is 10.1. The monoisotopic (exact) mass is 368 g/mol. The van der Waals surface area contributed by atoms with Crippen molar-refractivity contribution in [1.82, 2.24) is 0 Å². The Kier molecular flexibility index (Phi) is 4.70. The third-order valence-corrected chi connectivity index (χ3v) is 4.85. The Morgan fingerprint density at radius 3 is 2.50 bits per heavy atom. The normalized spacial score (nSPS) is 11.4. The molecule has 16 heavy (non-hydrogen) atoms. The van der Waals surface area contributed by atoms with Gasteiger partial charge in [-0.2, -0.15) is 0 Å². The Labute approximate surface area is 111 Å². The second-order valence-corrected chi connectivity index (χ2v) is 6.82. The maximum absolute atomic E-state index is 11.8. The van der Waals surface area contributed by atoms with Crippen molar-refractivity contribution in [2.24, 2.45) is 0 Å². The van der Waals surface area contributed by atoms with Gasteiger partial charge >= 0.3 is 0 Å². The lowest BCUT2D eigenvalue weighted by molar-refractivity contribution is 0.102. The second-order valence-electron chi connectivity index (χ2n) is 3.10. The van der Waals surface area contributed by atoms with Crippen molar-refractivity contribution in [1.29, 1.82) is 0 Å². The van der Waals surface area contributed by atoms with Gasteiger partial charge in [-0.05, 0) is 18.2 Å². The number of alkyl halides is 1. The van der Waals surface area contributed by atoms with Crippen molar-refractivity contribution in [2.75, 3.05) is 11.1 Å². The van der Waals surface area contributed by atoms with Gasteiger partial charge in [0.25, 0.3) is 0 Å². The molecule has 0 fully saturated rings. The van der Waals surface area contributed by atoms with E-state index in [9.17, 15) is 13.2 Å². The number of carbonyl (C=O) groups is 1. The molecule has 0 saturated carbocycles. The lowest BCUT2D eigenvalue weighted by Crippen LogP contribution is -2.12. The Hall–Kier alpha value is -0.200. The SMILES string of the molecule is CCS(=O)(=O)c1cc(Br)ccc1C(=O)CBr. The van der Waals surface area contributed by atoms with Crippen molar-refractivity contribution in [2.45, 2.75) is 11.8 Å². The summed E-state index contributed by atoms with van der Waals surface area (Å²) in [5.41, 5.74) is 0.238. The molecule has 0 aliphatic rings. The summed E-state index contributed by atoms with van der Waals surface area (Å²) >= 11 is 6.24. The minimum absolute atomic E-state index is 0.0218. The summed E-state index contributed by atoms with van der Waals surface area (Å²) in [5.74, 6) is -0.258. The van der Waals surface area contributed by atoms with Gasteiger partial charge in [-0.3, -0.25) is 4.79 Å². The van der Waals surface area contributed by atoms with Crippen LogP contribution in [0.4, 0.5) is 0 Å². The van der Waals surface area contributed by atoms with E-state index in [4.69, 9.17) is 0 Å². The van der Waals surface area contributed by atoms with Gasteiger partial charge in [-0.1, -0.05) is 38.8 Å². The van der Waals surface area contributed by atoms with Crippen LogP contribution in [0.25, 0.3) is 0 Å². The summed E-state index contributed by atoms with van der Waals surface area (Å²) in [6.45, 7) is 1.55. The topological polar surface area (TPSA) is 51.2 Å². The fourth-order valence-electron chi connectivity index (χ4n) is 1.21. The first-order valence-corrected chi connectivity index (χ1v) is 8.10. The molecule has 0 radical (unpaired) electrons. The fraction of sp³-hybridized carbons (Fsp3) is 0.300. The van der Waals surface area contributed by atoms with Gasteiger partial charge in [0.1, 0.15) is 0 Å². The number of Topliss-reactive ketones (excluding diaryl/α,β-unsaturated/α-hetero) is 1. The zero-order valence-electron chi connectivity index (χ0n) is 8.54. The number of rotatable bonds is 4. The Morgan fingerprint density at radius 2 is 2.00 bits per heavy atom. The van der Waals surface area contributed by atoms with E-state index >= 15 is 0 Å². The molecule has 0 aromatic heterocycles. The number of hydrogen-bond acceptors (Lipinski definition) is 3. The first-order valence-electron chi connectivity index (χ1n) is 4.54. The number of halogens is 2. The van der Waals surface area contributed by atoms with Gasteiger partial charge in [-0.15, -0.1) is 0 Å². The van der Waals surface area contributed by atoms with Crippen molar-refractivity contribution >= 4 is 47.5 Å². The Bertz CT molecular complexity index is 509. The van der Waals surface area contributed by atoms with Crippen LogP contribution in [-0.2, 0) is 9.84 Å². The quantitative estimate of drug-likeness (QED) is 0.605. The molecule has 0 atom stereocenters. The van der Waals surface area contributed by atoms with E-state index in [1.54, 1.807) is 13.0 Å². The molecule has 1 rings (SSSR count). The molecule has 0 bridgehead atoms. The summed E-state index contributed by atoms with van der Waals surface area (Å²) < 4.78 is 24.3. The van der Waals surface area contributed by atoms with Crippen LogP contribution in [0.2, 0.25) is 0 Å². The van der Waals surface area contributed by atoms with E-state index in [1.807, 2.05) is 0 Å². The zero-order chi connectivity index (χ0) is 12.3. The summed E-state index contributed by atoms with van der Waals surface area (Å²) in [5, 5.41) is 0.112. The standard InChI is InChI=1S/C10H10Br2O3S/c1-2-16(14,15)10-5-7(12)3-4-8(10)9(13)6-11/h3-5H,2,6H2,1H3. The predicted molar refractivity (Wildman–Crippen MR) is 70.0 cm³/mol. The first-order chi connectivity index (χ1) is 7.42. The van der Waals surface area contributed by atoms with Gasteiger partial charge < -0.3 is 0 Å². The Morgan fingerprint density at radius 1 is 1.38 bits per heavy atom. The van der Waals surface area contributed by atoms with E-state index in [0.717, 1.165) is 0 Å². The second kappa shape index (κ2) is 5.42. The molecule has 1 aromatic rings. The van der Waals surface area contributed by atoms with Gasteiger partial charge in [-0.25, -0.2) is 8.42 Å². The van der Waals surface area contributed by atoms with Crippen LogP contribution in [0.15, 0.2) is 27.6 Å². The van der Waals surface area contributed by atoms with Crippen LogP contribution in [0, 0.1) is 0 Å². The van der Waals surface area contributed by atoms with Crippen molar-refractivity contribution in [3.63, 3.8) is 0 Å². The molecule has 3 nitrogen and oxygen atoms in total. The van der Waals surface area contributed by atoms with Crippen LogP contribution >= 0.6 is 31.9 Å². The zero-order valence-corrected chi connectivity index (χ0v) is 12.5. The van der Waals surface area contributed by atoms with E-state index in [0.29, 0.717) is 4.47 Å². The van der Waals surface area contributed by atoms with E-state index in [2.05, 4.69) is 31.9 Å². The molecule has 0 spiro atoms. The number of carbonyl (C=O) groups excluding carboxylic acids is 1. The maximum Gasteiger partial charge on any atom is 0.178 e. The van der Waals surface area contributed by atoms with Crippen LogP contribution in [-0.4, -0.2) is 25.3 Å². The molecule has 0 heterocycles. The molecule has 6 heteroatoms. The number of hydrogen-bond donors (Lipinski definition) is 0. The van der Waals surface area contributed by atoms with Gasteiger partial charge in [0, 0.05) is 10.0 Å². The number of benzene rings is 1. The van der Waals surface area contributed by atoms with Crippen LogP contribution in [0.1, 0.15) is 17.3 Å². The minimum Gasteiger partial charge on any atom is -0.293 e. The van der Waals surface area contributed by atoms with E-state index in [1.165, 1.54) is 12.1 Å². The van der Waals surface area contributed by atoms with Gasteiger partial charge in [0.2, 0.25) is 0 Å². The molecule has 0 unspecified atom stereocenters. The maximum atomic E-state index is 11.8. The van der Waals surface area contributed by atoms with Crippen molar-refractivity contribution < 1.29 is 13.2 Å².